The first-order chi connectivity index (χ1) is 17.7. The molecule has 0 aliphatic carbocycles. The summed E-state index contributed by atoms with van der Waals surface area (Å²) in [5.41, 5.74) is 3.84. The third kappa shape index (κ3) is 7.59. The first-order valence-corrected chi connectivity index (χ1v) is 13.0. The summed E-state index contributed by atoms with van der Waals surface area (Å²) >= 11 is 0. The largest absolute Gasteiger partial charge is 0.497 e. The van der Waals surface area contributed by atoms with Gasteiger partial charge in [-0.1, -0.05) is 51.1 Å². The first-order valence-electron chi connectivity index (χ1n) is 13.0. The minimum absolute atomic E-state index is 0.113. The van der Waals surface area contributed by atoms with E-state index >= 15 is 4.39 Å². The minimum Gasteiger partial charge on any atom is -0.497 e. The first kappa shape index (κ1) is 27.2. The molecule has 1 saturated heterocycles. The summed E-state index contributed by atoms with van der Waals surface area (Å²) in [6.45, 7) is 7.44. The maximum absolute atomic E-state index is 15.6. The number of nitrogens with zero attached hydrogens (tertiary/aromatic N) is 1. The fourth-order valence-electron chi connectivity index (χ4n) is 4.60. The Bertz CT molecular complexity index is 1190. The Morgan fingerprint density at radius 2 is 1.84 bits per heavy atom. The quantitative estimate of drug-likeness (QED) is 0.295. The molecule has 6 heteroatoms. The van der Waals surface area contributed by atoms with Crippen LogP contribution in [0.2, 0.25) is 0 Å². The van der Waals surface area contributed by atoms with Crippen LogP contribution >= 0.6 is 0 Å². The normalized spacial score (nSPS) is 17.0. The number of hydrogen-bond donors (Lipinski definition) is 0. The van der Waals surface area contributed by atoms with E-state index in [2.05, 4.69) is 20.8 Å². The SMILES string of the molecule is COc1ccc(F)c(-c2ccc(C(F)Cc3cccc(COC4CCCCO4)c3)nc2CC(C)(C)C)c1. The summed E-state index contributed by atoms with van der Waals surface area (Å²) in [5, 5.41) is 0. The molecule has 1 aliphatic rings. The Kier molecular flexibility index (Phi) is 8.93. The third-order valence-corrected chi connectivity index (χ3v) is 6.46. The Hall–Kier alpha value is -2.83. The van der Waals surface area contributed by atoms with Gasteiger partial charge in [-0.15, -0.1) is 0 Å². The van der Waals surface area contributed by atoms with Gasteiger partial charge in [-0.05, 0) is 66.5 Å². The highest BCUT2D eigenvalue weighted by atomic mass is 19.1. The maximum Gasteiger partial charge on any atom is 0.158 e. The molecule has 0 spiro atoms. The molecule has 3 aromatic rings. The lowest BCUT2D eigenvalue weighted by molar-refractivity contribution is -0.168. The van der Waals surface area contributed by atoms with Crippen molar-refractivity contribution >= 4 is 0 Å². The fourth-order valence-corrected chi connectivity index (χ4v) is 4.60. The zero-order chi connectivity index (χ0) is 26.4. The summed E-state index contributed by atoms with van der Waals surface area (Å²) in [6, 6.07) is 15.9. The van der Waals surface area contributed by atoms with Crippen LogP contribution in [0.15, 0.2) is 54.6 Å². The van der Waals surface area contributed by atoms with Crippen LogP contribution < -0.4 is 4.74 Å². The summed E-state index contributed by atoms with van der Waals surface area (Å²) in [6.07, 6.45) is 2.42. The van der Waals surface area contributed by atoms with Crippen molar-refractivity contribution in [3.63, 3.8) is 0 Å². The second-order valence-corrected chi connectivity index (χ2v) is 10.9. The molecule has 1 aliphatic heterocycles. The van der Waals surface area contributed by atoms with Crippen molar-refractivity contribution in [1.82, 2.24) is 4.98 Å². The van der Waals surface area contributed by atoms with Gasteiger partial charge in [0.2, 0.25) is 0 Å². The van der Waals surface area contributed by atoms with Crippen molar-refractivity contribution < 1.29 is 23.0 Å². The van der Waals surface area contributed by atoms with Gasteiger partial charge in [0, 0.05) is 29.8 Å². The van der Waals surface area contributed by atoms with E-state index in [4.69, 9.17) is 19.2 Å². The second kappa shape index (κ2) is 12.1. The van der Waals surface area contributed by atoms with Crippen molar-refractivity contribution in [3.05, 3.63) is 82.9 Å². The molecule has 4 nitrogen and oxygen atoms in total. The summed E-state index contributed by atoms with van der Waals surface area (Å²) in [5.74, 6) is 0.199. The number of alkyl halides is 1. The molecule has 198 valence electrons. The molecular weight excluding hydrogens is 472 g/mol. The van der Waals surface area contributed by atoms with Crippen LogP contribution in [0.4, 0.5) is 8.78 Å². The van der Waals surface area contributed by atoms with Crippen molar-refractivity contribution in [2.75, 3.05) is 13.7 Å². The van der Waals surface area contributed by atoms with Gasteiger partial charge in [0.1, 0.15) is 17.7 Å². The smallest absolute Gasteiger partial charge is 0.158 e. The van der Waals surface area contributed by atoms with Gasteiger partial charge >= 0.3 is 0 Å². The predicted molar refractivity (Wildman–Crippen MR) is 142 cm³/mol. The molecule has 1 aromatic heterocycles. The Morgan fingerprint density at radius 3 is 2.57 bits per heavy atom. The lowest BCUT2D eigenvalue weighted by Gasteiger charge is -2.23. The van der Waals surface area contributed by atoms with E-state index in [1.807, 2.05) is 24.3 Å². The van der Waals surface area contributed by atoms with Crippen LogP contribution in [0, 0.1) is 11.2 Å². The van der Waals surface area contributed by atoms with Crippen LogP contribution in [0.3, 0.4) is 0 Å². The van der Waals surface area contributed by atoms with E-state index < -0.39 is 6.17 Å². The van der Waals surface area contributed by atoms with Crippen LogP contribution in [-0.2, 0) is 28.9 Å². The highest BCUT2D eigenvalue weighted by Crippen LogP contribution is 2.34. The van der Waals surface area contributed by atoms with E-state index in [9.17, 15) is 4.39 Å². The maximum atomic E-state index is 15.6. The minimum atomic E-state index is -1.29. The van der Waals surface area contributed by atoms with Gasteiger partial charge in [0.25, 0.3) is 0 Å². The van der Waals surface area contributed by atoms with Gasteiger partial charge in [0.15, 0.2) is 6.29 Å². The molecule has 0 bridgehead atoms. The summed E-state index contributed by atoms with van der Waals surface area (Å²) in [7, 11) is 1.55. The molecule has 0 N–H and O–H groups in total. The second-order valence-electron chi connectivity index (χ2n) is 10.9. The average molecular weight is 510 g/mol. The van der Waals surface area contributed by atoms with Crippen molar-refractivity contribution in [2.45, 2.75) is 71.9 Å². The molecular formula is C31H37F2NO3. The number of hydrogen-bond acceptors (Lipinski definition) is 4. The van der Waals surface area contributed by atoms with E-state index in [1.54, 1.807) is 31.4 Å². The molecule has 1 fully saturated rings. The lowest BCUT2D eigenvalue weighted by atomic mass is 9.87. The van der Waals surface area contributed by atoms with E-state index in [0.29, 0.717) is 41.3 Å². The number of ether oxygens (including phenoxy) is 3. The molecule has 37 heavy (non-hydrogen) atoms. The molecule has 0 saturated carbocycles. The van der Waals surface area contributed by atoms with Crippen molar-refractivity contribution in [2.24, 2.45) is 5.41 Å². The van der Waals surface area contributed by atoms with Gasteiger partial charge in [-0.3, -0.25) is 4.98 Å². The summed E-state index contributed by atoms with van der Waals surface area (Å²) in [4.78, 5) is 4.72. The Balaban J connectivity index is 1.53. The Morgan fingerprint density at radius 1 is 1.03 bits per heavy atom. The number of pyridine rings is 1. The van der Waals surface area contributed by atoms with Gasteiger partial charge < -0.3 is 14.2 Å². The fraction of sp³-hybridized carbons (Fsp3) is 0.452. The highest BCUT2D eigenvalue weighted by molar-refractivity contribution is 5.68. The number of methoxy groups -OCH3 is 1. The van der Waals surface area contributed by atoms with Crippen LogP contribution in [-0.4, -0.2) is 25.0 Å². The predicted octanol–water partition coefficient (Wildman–Crippen LogP) is 7.78. The molecule has 2 unspecified atom stereocenters. The molecule has 2 aromatic carbocycles. The molecule has 2 atom stereocenters. The molecule has 0 amide bonds. The average Bonchev–Trinajstić information content (AvgIpc) is 2.88. The van der Waals surface area contributed by atoms with Crippen LogP contribution in [0.25, 0.3) is 11.1 Å². The van der Waals surface area contributed by atoms with Gasteiger partial charge in [-0.25, -0.2) is 8.78 Å². The molecule has 0 radical (unpaired) electrons. The number of aromatic nitrogens is 1. The number of halogens is 2. The number of rotatable bonds is 9. The van der Waals surface area contributed by atoms with E-state index in [0.717, 1.165) is 37.0 Å². The van der Waals surface area contributed by atoms with Crippen molar-refractivity contribution in [1.29, 1.82) is 0 Å². The highest BCUT2D eigenvalue weighted by Gasteiger charge is 2.22. The Labute approximate surface area is 219 Å². The third-order valence-electron chi connectivity index (χ3n) is 6.46. The zero-order valence-corrected chi connectivity index (χ0v) is 22.2. The zero-order valence-electron chi connectivity index (χ0n) is 22.2. The van der Waals surface area contributed by atoms with Crippen LogP contribution in [0.5, 0.6) is 5.75 Å². The molecule has 4 rings (SSSR count). The standard InChI is InChI=1S/C31H37F2NO3/c1-31(2,3)19-29-24(25-18-23(35-4)11-13-26(25)32)12-14-28(34-29)27(33)17-21-8-7-9-22(16-21)20-37-30-10-5-6-15-36-30/h7-9,11-14,16,18,27,30H,5-6,10,15,17,19-20H2,1-4H3. The summed E-state index contributed by atoms with van der Waals surface area (Å²) < 4.78 is 47.2. The van der Waals surface area contributed by atoms with Gasteiger partial charge in [0.05, 0.1) is 19.4 Å². The van der Waals surface area contributed by atoms with Gasteiger partial charge in [-0.2, -0.15) is 0 Å². The van der Waals surface area contributed by atoms with E-state index in [-0.39, 0.29) is 23.9 Å². The lowest BCUT2D eigenvalue weighted by Crippen LogP contribution is -2.22. The van der Waals surface area contributed by atoms with E-state index in [1.165, 1.54) is 6.07 Å². The van der Waals surface area contributed by atoms with Crippen molar-refractivity contribution in [3.8, 4) is 16.9 Å². The molecule has 2 heterocycles. The topological polar surface area (TPSA) is 40.6 Å². The monoisotopic (exact) mass is 509 g/mol. The van der Waals surface area contributed by atoms with Crippen LogP contribution in [0.1, 0.15) is 68.7 Å². The number of benzene rings is 2.